The molecule has 110 valence electrons. The molecule has 0 saturated heterocycles. The number of H-pyrrole nitrogens is 1. The molecule has 1 heterocycles. The number of aromatic amines is 1. The summed E-state index contributed by atoms with van der Waals surface area (Å²) < 4.78 is 0. The minimum absolute atomic E-state index is 0.126. The monoisotopic (exact) mass is 292 g/mol. The third kappa shape index (κ3) is 2.76. The summed E-state index contributed by atoms with van der Waals surface area (Å²) in [6.45, 7) is 1.89. The number of rotatable bonds is 3. The molecule has 22 heavy (non-hydrogen) atoms. The number of carbonyl (C=O) groups is 1. The molecule has 0 spiro atoms. The molecular formula is C18H16N2O2. The fourth-order valence-corrected chi connectivity index (χ4v) is 2.42. The van der Waals surface area contributed by atoms with Gasteiger partial charge >= 0.3 is 0 Å². The largest absolute Gasteiger partial charge is 0.345 e. The Kier molecular flexibility index (Phi) is 3.74. The average Bonchev–Trinajstić information content (AvgIpc) is 2.54. The lowest BCUT2D eigenvalue weighted by molar-refractivity contribution is 0.0938. The van der Waals surface area contributed by atoms with Crippen molar-refractivity contribution in [3.05, 3.63) is 82.1 Å². The van der Waals surface area contributed by atoms with Gasteiger partial charge in [-0.3, -0.25) is 9.59 Å². The Morgan fingerprint density at radius 2 is 1.73 bits per heavy atom. The van der Waals surface area contributed by atoms with E-state index in [1.54, 1.807) is 6.07 Å². The zero-order valence-electron chi connectivity index (χ0n) is 12.2. The number of amides is 1. The van der Waals surface area contributed by atoms with Crippen molar-refractivity contribution in [3.63, 3.8) is 0 Å². The highest BCUT2D eigenvalue weighted by Crippen LogP contribution is 2.13. The van der Waals surface area contributed by atoms with Gasteiger partial charge < -0.3 is 10.3 Å². The lowest BCUT2D eigenvalue weighted by Gasteiger charge is -2.14. The zero-order chi connectivity index (χ0) is 15.5. The Balaban J connectivity index is 1.89. The van der Waals surface area contributed by atoms with Crippen LogP contribution in [0.3, 0.4) is 0 Å². The Bertz CT molecular complexity index is 869. The molecule has 2 N–H and O–H groups in total. The number of hydrogen-bond donors (Lipinski definition) is 2. The molecule has 0 fully saturated rings. The number of benzene rings is 2. The molecule has 1 aromatic heterocycles. The van der Waals surface area contributed by atoms with Gasteiger partial charge in [-0.1, -0.05) is 48.5 Å². The molecule has 4 heteroatoms. The highest BCUT2D eigenvalue weighted by atomic mass is 16.2. The molecular weight excluding hydrogens is 276 g/mol. The summed E-state index contributed by atoms with van der Waals surface area (Å²) in [5, 5.41) is 3.69. The smallest absolute Gasteiger partial charge is 0.261 e. The van der Waals surface area contributed by atoms with Gasteiger partial charge in [0.1, 0.15) is 5.56 Å². The van der Waals surface area contributed by atoms with Gasteiger partial charge in [0.2, 0.25) is 0 Å². The molecule has 0 aliphatic heterocycles. The summed E-state index contributed by atoms with van der Waals surface area (Å²) in [7, 11) is 0. The zero-order valence-corrected chi connectivity index (χ0v) is 12.2. The van der Waals surface area contributed by atoms with E-state index in [9.17, 15) is 9.59 Å². The van der Waals surface area contributed by atoms with Crippen LogP contribution >= 0.6 is 0 Å². The predicted octanol–water partition coefficient (Wildman–Crippen LogP) is 3.02. The number of pyridine rings is 1. The molecule has 0 aliphatic rings. The quantitative estimate of drug-likeness (QED) is 0.779. The van der Waals surface area contributed by atoms with Crippen LogP contribution in [0.1, 0.15) is 28.9 Å². The van der Waals surface area contributed by atoms with Gasteiger partial charge in [-0.25, -0.2) is 0 Å². The molecule has 0 bridgehead atoms. The van der Waals surface area contributed by atoms with Gasteiger partial charge in [-0.2, -0.15) is 0 Å². The van der Waals surface area contributed by atoms with E-state index in [-0.39, 0.29) is 23.1 Å². The van der Waals surface area contributed by atoms with Crippen LogP contribution < -0.4 is 10.9 Å². The van der Waals surface area contributed by atoms with Crippen LogP contribution in [0.25, 0.3) is 10.9 Å². The molecule has 3 rings (SSSR count). The summed E-state index contributed by atoms with van der Waals surface area (Å²) in [5.74, 6) is -0.372. The predicted molar refractivity (Wildman–Crippen MR) is 86.9 cm³/mol. The topological polar surface area (TPSA) is 62.0 Å². The second kappa shape index (κ2) is 5.85. The van der Waals surface area contributed by atoms with Crippen LogP contribution in [0, 0.1) is 0 Å². The van der Waals surface area contributed by atoms with Crippen LogP contribution in [0.15, 0.2) is 65.5 Å². The average molecular weight is 292 g/mol. The van der Waals surface area contributed by atoms with Crippen molar-refractivity contribution >= 4 is 16.8 Å². The molecule has 3 aromatic rings. The lowest BCUT2D eigenvalue weighted by Crippen LogP contribution is -2.31. The van der Waals surface area contributed by atoms with Crippen molar-refractivity contribution in [1.82, 2.24) is 10.3 Å². The van der Waals surface area contributed by atoms with Crippen LogP contribution in [0.2, 0.25) is 0 Å². The Morgan fingerprint density at radius 1 is 1.05 bits per heavy atom. The van der Waals surface area contributed by atoms with Crippen molar-refractivity contribution in [2.24, 2.45) is 0 Å². The summed E-state index contributed by atoms with van der Waals surface area (Å²) in [4.78, 5) is 27.2. The van der Waals surface area contributed by atoms with Gasteiger partial charge in [-0.15, -0.1) is 0 Å². The van der Waals surface area contributed by atoms with E-state index in [0.29, 0.717) is 0 Å². The van der Waals surface area contributed by atoms with Crippen LogP contribution in [-0.2, 0) is 0 Å². The van der Waals surface area contributed by atoms with Gasteiger partial charge in [0, 0.05) is 5.52 Å². The van der Waals surface area contributed by atoms with Crippen LogP contribution in [-0.4, -0.2) is 10.9 Å². The first-order valence-corrected chi connectivity index (χ1v) is 7.13. The third-order valence-corrected chi connectivity index (χ3v) is 3.65. The van der Waals surface area contributed by atoms with Gasteiger partial charge in [0.25, 0.3) is 11.5 Å². The molecule has 1 atom stereocenters. The maximum Gasteiger partial charge on any atom is 0.261 e. The first kappa shape index (κ1) is 14.1. The van der Waals surface area contributed by atoms with Crippen molar-refractivity contribution in [1.29, 1.82) is 0 Å². The normalized spacial score (nSPS) is 12.0. The maximum absolute atomic E-state index is 12.4. The standard InChI is InChI=1S/C18H16N2O2/c1-12(13-7-3-2-4-8-13)19-17(21)15-11-14-9-5-6-10-16(14)20-18(15)22/h2-12H,1H3,(H,19,21)(H,20,22). The van der Waals surface area contributed by atoms with E-state index < -0.39 is 0 Å². The molecule has 0 radical (unpaired) electrons. The Morgan fingerprint density at radius 3 is 2.50 bits per heavy atom. The van der Waals surface area contributed by atoms with Gasteiger partial charge in [0.05, 0.1) is 6.04 Å². The van der Waals surface area contributed by atoms with Crippen LogP contribution in [0.5, 0.6) is 0 Å². The number of aromatic nitrogens is 1. The first-order chi connectivity index (χ1) is 10.6. The summed E-state index contributed by atoms with van der Waals surface area (Å²) >= 11 is 0. The minimum atomic E-state index is -0.378. The summed E-state index contributed by atoms with van der Waals surface area (Å²) in [6.07, 6.45) is 0. The van der Waals surface area contributed by atoms with Gasteiger partial charge in [0.15, 0.2) is 0 Å². The van der Waals surface area contributed by atoms with Crippen molar-refractivity contribution in [2.75, 3.05) is 0 Å². The van der Waals surface area contributed by atoms with Crippen LogP contribution in [0.4, 0.5) is 0 Å². The third-order valence-electron chi connectivity index (χ3n) is 3.65. The lowest BCUT2D eigenvalue weighted by atomic mass is 10.1. The molecule has 4 nitrogen and oxygen atoms in total. The fourth-order valence-electron chi connectivity index (χ4n) is 2.42. The number of para-hydroxylation sites is 1. The molecule has 2 aromatic carbocycles. The van der Waals surface area contributed by atoms with E-state index in [2.05, 4.69) is 10.3 Å². The number of fused-ring (bicyclic) bond motifs is 1. The SMILES string of the molecule is CC(NC(=O)c1cc2ccccc2[nH]c1=O)c1ccccc1. The van der Waals surface area contributed by atoms with Crippen molar-refractivity contribution in [2.45, 2.75) is 13.0 Å². The first-order valence-electron chi connectivity index (χ1n) is 7.13. The molecule has 1 amide bonds. The van der Waals surface area contributed by atoms with E-state index in [4.69, 9.17) is 0 Å². The van der Waals surface area contributed by atoms with E-state index in [1.807, 2.05) is 61.5 Å². The van der Waals surface area contributed by atoms with E-state index in [0.717, 1.165) is 16.5 Å². The fraction of sp³-hybridized carbons (Fsp3) is 0.111. The Labute approximate surface area is 127 Å². The second-order valence-corrected chi connectivity index (χ2v) is 5.21. The Hall–Kier alpha value is -2.88. The highest BCUT2D eigenvalue weighted by Gasteiger charge is 2.15. The van der Waals surface area contributed by atoms with Crippen molar-refractivity contribution < 1.29 is 4.79 Å². The number of carbonyl (C=O) groups excluding carboxylic acids is 1. The second-order valence-electron chi connectivity index (χ2n) is 5.21. The van der Waals surface area contributed by atoms with E-state index in [1.165, 1.54) is 0 Å². The molecule has 1 unspecified atom stereocenters. The number of hydrogen-bond acceptors (Lipinski definition) is 2. The minimum Gasteiger partial charge on any atom is -0.345 e. The van der Waals surface area contributed by atoms with E-state index >= 15 is 0 Å². The highest BCUT2D eigenvalue weighted by molar-refractivity contribution is 5.97. The van der Waals surface area contributed by atoms with Crippen molar-refractivity contribution in [3.8, 4) is 0 Å². The molecule has 0 aliphatic carbocycles. The molecule has 0 saturated carbocycles. The summed E-state index contributed by atoms with van der Waals surface area (Å²) in [6, 6.07) is 18.5. The van der Waals surface area contributed by atoms with Gasteiger partial charge in [-0.05, 0) is 30.0 Å². The maximum atomic E-state index is 12.4. The number of nitrogens with one attached hydrogen (secondary N) is 2. The summed E-state index contributed by atoms with van der Waals surface area (Å²) in [5.41, 5.74) is 1.46.